The summed E-state index contributed by atoms with van der Waals surface area (Å²) in [4.78, 5) is 2.05. The van der Waals surface area contributed by atoms with E-state index in [2.05, 4.69) is 18.1 Å². The Morgan fingerprint density at radius 2 is 2.06 bits per heavy atom. The number of nitrogens with zero attached hydrogens (tertiary/aromatic N) is 1. The molecule has 1 aliphatic heterocycles. The summed E-state index contributed by atoms with van der Waals surface area (Å²) in [6, 6.07) is -0.158. The molecule has 0 radical (unpaired) electrons. The van der Waals surface area contributed by atoms with Crippen LogP contribution in [0.25, 0.3) is 0 Å². The topological polar surface area (TPSA) is 41.9 Å². The lowest BCUT2D eigenvalue weighted by Gasteiger charge is -2.41. The summed E-state index contributed by atoms with van der Waals surface area (Å²) in [5.74, 6) is 0. The average Bonchev–Trinajstić information content (AvgIpc) is 2.28. The van der Waals surface area contributed by atoms with E-state index in [4.69, 9.17) is 9.47 Å². The third-order valence-corrected chi connectivity index (χ3v) is 2.75. The molecule has 0 amide bonds. The molecule has 0 aromatic heterocycles. The number of ether oxygens (including phenoxy) is 2. The van der Waals surface area contributed by atoms with E-state index in [0.29, 0.717) is 26.1 Å². The highest BCUT2D eigenvalue weighted by molar-refractivity contribution is 4.91. The Morgan fingerprint density at radius 3 is 2.56 bits per heavy atom. The van der Waals surface area contributed by atoms with E-state index >= 15 is 0 Å². The summed E-state index contributed by atoms with van der Waals surface area (Å²) < 4.78 is 10.7. The van der Waals surface area contributed by atoms with Gasteiger partial charge in [-0.05, 0) is 6.42 Å². The van der Waals surface area contributed by atoms with E-state index in [0.717, 1.165) is 0 Å². The Kier molecular flexibility index (Phi) is 5.69. The third kappa shape index (κ3) is 3.15. The van der Waals surface area contributed by atoms with Crippen molar-refractivity contribution in [3.8, 4) is 0 Å². The predicted octanol–water partition coefficient (Wildman–Crippen LogP) is 0.783. The molecule has 1 heterocycles. The molecule has 4 heteroatoms. The normalized spacial score (nSPS) is 30.3. The van der Waals surface area contributed by atoms with Crippen LogP contribution in [0.15, 0.2) is 25.3 Å². The fourth-order valence-corrected chi connectivity index (χ4v) is 2.03. The van der Waals surface area contributed by atoms with E-state index in [9.17, 15) is 5.11 Å². The van der Waals surface area contributed by atoms with Crippen LogP contribution < -0.4 is 0 Å². The van der Waals surface area contributed by atoms with Crippen molar-refractivity contribution in [1.29, 1.82) is 0 Å². The van der Waals surface area contributed by atoms with Crippen LogP contribution in [0, 0.1) is 0 Å². The summed E-state index contributed by atoms with van der Waals surface area (Å²) in [5.41, 5.74) is 0. The molecular weight excluding hydrogens is 206 g/mol. The maximum absolute atomic E-state index is 10.0. The van der Waals surface area contributed by atoms with Crippen LogP contribution in [0.1, 0.15) is 6.42 Å². The highest BCUT2D eigenvalue weighted by atomic mass is 16.7. The van der Waals surface area contributed by atoms with Gasteiger partial charge in [0.2, 0.25) is 0 Å². The second kappa shape index (κ2) is 6.81. The van der Waals surface area contributed by atoms with E-state index in [1.165, 1.54) is 0 Å². The quantitative estimate of drug-likeness (QED) is 0.681. The third-order valence-electron chi connectivity index (χ3n) is 2.75. The van der Waals surface area contributed by atoms with Gasteiger partial charge in [0.05, 0.1) is 18.8 Å². The molecule has 0 spiro atoms. The minimum absolute atomic E-state index is 0.158. The number of aliphatic hydroxyl groups is 1. The first kappa shape index (κ1) is 13.4. The minimum atomic E-state index is -0.432. The van der Waals surface area contributed by atoms with E-state index in [-0.39, 0.29) is 12.3 Å². The maximum atomic E-state index is 10.0. The van der Waals surface area contributed by atoms with Crippen molar-refractivity contribution in [3.63, 3.8) is 0 Å². The summed E-state index contributed by atoms with van der Waals surface area (Å²) in [5, 5.41) is 10.0. The Labute approximate surface area is 97.1 Å². The molecule has 0 aromatic rings. The van der Waals surface area contributed by atoms with Crippen molar-refractivity contribution in [1.82, 2.24) is 4.90 Å². The van der Waals surface area contributed by atoms with E-state index in [1.807, 2.05) is 0 Å². The van der Waals surface area contributed by atoms with Crippen molar-refractivity contribution in [2.45, 2.75) is 24.9 Å². The summed E-state index contributed by atoms with van der Waals surface area (Å²) in [7, 11) is 1.59. The van der Waals surface area contributed by atoms with Crippen LogP contribution in [-0.2, 0) is 9.47 Å². The minimum Gasteiger partial charge on any atom is -0.391 e. The number of hydrogen-bond acceptors (Lipinski definition) is 4. The van der Waals surface area contributed by atoms with Crippen LogP contribution in [0.3, 0.4) is 0 Å². The number of rotatable bonds is 6. The van der Waals surface area contributed by atoms with Gasteiger partial charge in [-0.2, -0.15) is 0 Å². The van der Waals surface area contributed by atoms with Gasteiger partial charge >= 0.3 is 0 Å². The molecule has 92 valence electrons. The van der Waals surface area contributed by atoms with Crippen molar-refractivity contribution in [2.24, 2.45) is 0 Å². The van der Waals surface area contributed by atoms with Crippen molar-refractivity contribution < 1.29 is 14.6 Å². The molecule has 0 saturated carbocycles. The highest BCUT2D eigenvalue weighted by Crippen LogP contribution is 2.21. The number of hydrogen-bond donors (Lipinski definition) is 1. The number of methoxy groups -OCH3 is 1. The van der Waals surface area contributed by atoms with Gasteiger partial charge in [0.25, 0.3) is 0 Å². The molecule has 0 aromatic carbocycles. The molecule has 0 aliphatic carbocycles. The Bertz CT molecular complexity index is 222. The van der Waals surface area contributed by atoms with Crippen molar-refractivity contribution >= 4 is 0 Å². The monoisotopic (exact) mass is 227 g/mol. The summed E-state index contributed by atoms with van der Waals surface area (Å²) >= 11 is 0. The zero-order chi connectivity index (χ0) is 12.0. The molecule has 3 atom stereocenters. The van der Waals surface area contributed by atoms with Crippen LogP contribution in [-0.4, -0.2) is 55.2 Å². The molecule has 0 unspecified atom stereocenters. The van der Waals surface area contributed by atoms with E-state index < -0.39 is 6.10 Å². The van der Waals surface area contributed by atoms with Crippen molar-refractivity contribution in [3.05, 3.63) is 25.3 Å². The van der Waals surface area contributed by atoms with Gasteiger partial charge < -0.3 is 14.6 Å². The first-order valence-electron chi connectivity index (χ1n) is 5.53. The SMILES string of the molecule is C=CCN(CC=C)[C@@H]1[C@H](OC)OCC[C@H]1O. The van der Waals surface area contributed by atoms with Crippen LogP contribution in [0.4, 0.5) is 0 Å². The molecule has 1 saturated heterocycles. The zero-order valence-corrected chi connectivity index (χ0v) is 9.84. The van der Waals surface area contributed by atoms with Gasteiger partial charge in [0.15, 0.2) is 6.29 Å². The summed E-state index contributed by atoms with van der Waals surface area (Å²) in [6.45, 7) is 9.32. The average molecular weight is 227 g/mol. The van der Waals surface area contributed by atoms with Crippen molar-refractivity contribution in [2.75, 3.05) is 26.8 Å². The fraction of sp³-hybridized carbons (Fsp3) is 0.667. The number of aliphatic hydroxyl groups excluding tert-OH is 1. The van der Waals surface area contributed by atoms with Gasteiger partial charge in [0, 0.05) is 20.2 Å². The second-order valence-electron chi connectivity index (χ2n) is 3.85. The lowest BCUT2D eigenvalue weighted by molar-refractivity contribution is -0.212. The maximum Gasteiger partial charge on any atom is 0.175 e. The van der Waals surface area contributed by atoms with E-state index in [1.54, 1.807) is 19.3 Å². The lowest BCUT2D eigenvalue weighted by Crippen LogP contribution is -2.55. The molecular formula is C12H21NO3. The molecule has 1 fully saturated rings. The first-order valence-corrected chi connectivity index (χ1v) is 5.53. The van der Waals surface area contributed by atoms with Gasteiger partial charge in [-0.1, -0.05) is 12.2 Å². The molecule has 1 rings (SSSR count). The van der Waals surface area contributed by atoms with Gasteiger partial charge in [-0.15, -0.1) is 13.2 Å². The summed E-state index contributed by atoms with van der Waals surface area (Å²) in [6.07, 6.45) is 3.42. The Balaban J connectivity index is 2.74. The molecule has 1 aliphatic rings. The van der Waals surface area contributed by atoms with Gasteiger partial charge in [-0.3, -0.25) is 4.90 Å². The van der Waals surface area contributed by atoms with Crippen LogP contribution in [0.2, 0.25) is 0 Å². The smallest absolute Gasteiger partial charge is 0.175 e. The highest BCUT2D eigenvalue weighted by Gasteiger charge is 2.36. The molecule has 0 bridgehead atoms. The Morgan fingerprint density at radius 1 is 1.44 bits per heavy atom. The van der Waals surface area contributed by atoms with Crippen LogP contribution >= 0.6 is 0 Å². The predicted molar refractivity (Wildman–Crippen MR) is 63.1 cm³/mol. The van der Waals surface area contributed by atoms with Gasteiger partial charge in [-0.25, -0.2) is 0 Å². The molecule has 16 heavy (non-hydrogen) atoms. The lowest BCUT2D eigenvalue weighted by atomic mass is 10.0. The largest absolute Gasteiger partial charge is 0.391 e. The molecule has 4 nitrogen and oxygen atoms in total. The zero-order valence-electron chi connectivity index (χ0n) is 9.84. The standard InChI is InChI=1S/C12H21NO3/c1-4-7-13(8-5-2)11-10(14)6-9-16-12(11)15-3/h4-5,10-12,14H,1-2,6-9H2,3H3/t10-,11+,12-/m1/s1. The van der Waals surface area contributed by atoms with Gasteiger partial charge in [0.1, 0.15) is 0 Å². The first-order chi connectivity index (χ1) is 7.74. The van der Waals surface area contributed by atoms with Crippen LogP contribution in [0.5, 0.6) is 0 Å². The second-order valence-corrected chi connectivity index (χ2v) is 3.85. The Hall–Kier alpha value is -0.680. The fourth-order valence-electron chi connectivity index (χ4n) is 2.03. The molecule has 1 N–H and O–H groups in total.